The summed E-state index contributed by atoms with van der Waals surface area (Å²) >= 11 is 5.93. The van der Waals surface area contributed by atoms with Gasteiger partial charge in [0.15, 0.2) is 0 Å². The summed E-state index contributed by atoms with van der Waals surface area (Å²) in [6.45, 7) is 4.27. The molecule has 0 aliphatic carbocycles. The number of halogens is 1. The van der Waals surface area contributed by atoms with Crippen LogP contribution in [0.1, 0.15) is 27.5 Å². The fraction of sp³-hybridized carbons (Fsp3) is 0.300. The van der Waals surface area contributed by atoms with Crippen LogP contribution in [0.4, 0.5) is 0 Å². The number of carbonyl (C=O) groups is 2. The number of benzene rings is 2. The molecule has 3 rings (SSSR count). The molecule has 1 fully saturated rings. The van der Waals surface area contributed by atoms with Gasteiger partial charge in [-0.15, -0.1) is 0 Å². The number of nitrogens with zero attached hydrogens (tertiary/aromatic N) is 2. The largest absolute Gasteiger partial charge is 0.368 e. The second-order valence-electron chi connectivity index (χ2n) is 6.55. The molecule has 136 valence electrons. The first kappa shape index (κ1) is 18.4. The molecule has 1 saturated heterocycles. The molecule has 5 nitrogen and oxygen atoms in total. The highest BCUT2D eigenvalue weighted by atomic mass is 35.5. The lowest BCUT2D eigenvalue weighted by Gasteiger charge is -2.38. The van der Waals surface area contributed by atoms with Crippen LogP contribution in [0.3, 0.4) is 0 Å². The minimum Gasteiger partial charge on any atom is -0.368 e. The van der Waals surface area contributed by atoms with Crippen molar-refractivity contribution >= 4 is 23.4 Å². The number of hydrogen-bond donors (Lipinski definition) is 1. The Morgan fingerprint density at radius 3 is 2.27 bits per heavy atom. The zero-order valence-electron chi connectivity index (χ0n) is 14.7. The Morgan fingerprint density at radius 1 is 1.04 bits per heavy atom. The van der Waals surface area contributed by atoms with E-state index in [4.69, 9.17) is 17.3 Å². The Hall–Kier alpha value is -2.37. The normalized spacial score (nSPS) is 16.3. The molecule has 1 atom stereocenters. The topological polar surface area (TPSA) is 66.6 Å². The van der Waals surface area contributed by atoms with Crippen LogP contribution in [0.15, 0.2) is 48.5 Å². The molecule has 2 N–H and O–H groups in total. The molecule has 1 aliphatic heterocycles. The average molecular weight is 372 g/mol. The second-order valence-corrected chi connectivity index (χ2v) is 6.99. The third-order valence-electron chi connectivity index (χ3n) is 4.69. The van der Waals surface area contributed by atoms with Crippen LogP contribution in [0.5, 0.6) is 0 Å². The van der Waals surface area contributed by atoms with Gasteiger partial charge in [-0.2, -0.15) is 0 Å². The number of carbonyl (C=O) groups excluding carboxylic acids is 2. The van der Waals surface area contributed by atoms with Crippen molar-refractivity contribution in [3.8, 4) is 0 Å². The molecule has 0 saturated carbocycles. The molecular formula is C20H22ClN3O2. The zero-order chi connectivity index (χ0) is 18.7. The third kappa shape index (κ3) is 4.06. The lowest BCUT2D eigenvalue weighted by Crippen LogP contribution is -2.51. The molecular weight excluding hydrogens is 350 g/mol. The van der Waals surface area contributed by atoms with Crippen LogP contribution in [-0.2, 0) is 4.79 Å². The third-order valence-corrected chi connectivity index (χ3v) is 4.94. The van der Waals surface area contributed by atoms with Crippen molar-refractivity contribution in [3.63, 3.8) is 0 Å². The van der Waals surface area contributed by atoms with E-state index in [2.05, 4.69) is 0 Å². The predicted molar refractivity (Wildman–Crippen MR) is 102 cm³/mol. The summed E-state index contributed by atoms with van der Waals surface area (Å²) in [7, 11) is 0. The quantitative estimate of drug-likeness (QED) is 0.898. The van der Waals surface area contributed by atoms with Crippen LogP contribution in [0, 0.1) is 6.92 Å². The SMILES string of the molecule is Cc1cccc(C(=O)N2CCN(C(C(N)=O)c3ccc(Cl)cc3)CC2)c1. The maximum Gasteiger partial charge on any atom is 0.253 e. The molecule has 0 bridgehead atoms. The van der Waals surface area contributed by atoms with Gasteiger partial charge in [0.05, 0.1) is 0 Å². The first-order valence-corrected chi connectivity index (χ1v) is 8.98. The highest BCUT2D eigenvalue weighted by Gasteiger charge is 2.30. The molecule has 26 heavy (non-hydrogen) atoms. The molecule has 0 radical (unpaired) electrons. The van der Waals surface area contributed by atoms with E-state index in [1.54, 1.807) is 12.1 Å². The maximum absolute atomic E-state index is 12.7. The number of piperazine rings is 1. The molecule has 2 amide bonds. The van der Waals surface area contributed by atoms with Crippen LogP contribution in [-0.4, -0.2) is 47.8 Å². The summed E-state index contributed by atoms with van der Waals surface area (Å²) in [6, 6.07) is 14.2. The molecule has 1 heterocycles. The smallest absolute Gasteiger partial charge is 0.253 e. The van der Waals surface area contributed by atoms with Crippen molar-refractivity contribution in [2.24, 2.45) is 5.73 Å². The van der Waals surface area contributed by atoms with Gasteiger partial charge in [0.25, 0.3) is 5.91 Å². The number of amides is 2. The van der Waals surface area contributed by atoms with Gasteiger partial charge in [0.2, 0.25) is 5.91 Å². The summed E-state index contributed by atoms with van der Waals surface area (Å²) in [5, 5.41) is 0.616. The van der Waals surface area contributed by atoms with Crippen molar-refractivity contribution in [1.29, 1.82) is 0 Å². The Bertz CT molecular complexity index is 799. The number of aryl methyl sites for hydroxylation is 1. The summed E-state index contributed by atoms with van der Waals surface area (Å²) in [5.41, 5.74) is 8.22. The van der Waals surface area contributed by atoms with Gasteiger partial charge in [-0.1, -0.05) is 41.4 Å². The van der Waals surface area contributed by atoms with E-state index in [9.17, 15) is 9.59 Å². The van der Waals surface area contributed by atoms with E-state index in [0.29, 0.717) is 36.8 Å². The molecule has 0 aromatic heterocycles. The molecule has 6 heteroatoms. The van der Waals surface area contributed by atoms with E-state index >= 15 is 0 Å². The molecule has 2 aromatic rings. The number of primary amides is 1. The highest BCUT2D eigenvalue weighted by molar-refractivity contribution is 6.30. The summed E-state index contributed by atoms with van der Waals surface area (Å²) in [5.74, 6) is -0.374. The second kappa shape index (κ2) is 7.89. The van der Waals surface area contributed by atoms with Crippen molar-refractivity contribution in [2.45, 2.75) is 13.0 Å². The first-order valence-electron chi connectivity index (χ1n) is 8.60. The van der Waals surface area contributed by atoms with Crippen molar-refractivity contribution in [1.82, 2.24) is 9.80 Å². The van der Waals surface area contributed by atoms with E-state index in [-0.39, 0.29) is 5.91 Å². The van der Waals surface area contributed by atoms with Crippen LogP contribution >= 0.6 is 11.6 Å². The predicted octanol–water partition coefficient (Wildman–Crippen LogP) is 2.63. The minimum atomic E-state index is -0.511. The monoisotopic (exact) mass is 371 g/mol. The van der Waals surface area contributed by atoms with Gasteiger partial charge in [-0.3, -0.25) is 14.5 Å². The Kier molecular flexibility index (Phi) is 5.59. The van der Waals surface area contributed by atoms with Crippen molar-refractivity contribution < 1.29 is 9.59 Å². The van der Waals surface area contributed by atoms with Gasteiger partial charge in [-0.25, -0.2) is 0 Å². The molecule has 1 unspecified atom stereocenters. The van der Waals surface area contributed by atoms with Gasteiger partial charge in [0.1, 0.15) is 6.04 Å². The lowest BCUT2D eigenvalue weighted by molar-refractivity contribution is -0.124. The summed E-state index contributed by atoms with van der Waals surface area (Å²) < 4.78 is 0. The van der Waals surface area contributed by atoms with Gasteiger partial charge >= 0.3 is 0 Å². The fourth-order valence-electron chi connectivity index (χ4n) is 3.34. The zero-order valence-corrected chi connectivity index (χ0v) is 15.4. The standard InChI is InChI=1S/C20H22ClN3O2/c1-14-3-2-4-16(13-14)20(26)24-11-9-23(10-12-24)18(19(22)25)15-5-7-17(21)8-6-15/h2-8,13,18H,9-12H2,1H3,(H2,22,25). The first-order chi connectivity index (χ1) is 12.5. The van der Waals surface area contributed by atoms with E-state index in [1.165, 1.54) is 0 Å². The Labute approximate surface area is 158 Å². The van der Waals surface area contributed by atoms with Crippen molar-refractivity contribution in [2.75, 3.05) is 26.2 Å². The van der Waals surface area contributed by atoms with E-state index < -0.39 is 11.9 Å². The van der Waals surface area contributed by atoms with Gasteiger partial charge < -0.3 is 10.6 Å². The molecule has 0 spiro atoms. The van der Waals surface area contributed by atoms with Gasteiger partial charge in [-0.05, 0) is 36.8 Å². The Balaban J connectivity index is 1.69. The molecule has 2 aromatic carbocycles. The van der Waals surface area contributed by atoms with Crippen molar-refractivity contribution in [3.05, 3.63) is 70.2 Å². The fourth-order valence-corrected chi connectivity index (χ4v) is 3.47. The van der Waals surface area contributed by atoms with Gasteiger partial charge in [0, 0.05) is 36.8 Å². The number of nitrogens with two attached hydrogens (primary N) is 1. The highest BCUT2D eigenvalue weighted by Crippen LogP contribution is 2.24. The number of rotatable bonds is 4. The average Bonchev–Trinajstić information content (AvgIpc) is 2.63. The Morgan fingerprint density at radius 2 is 1.69 bits per heavy atom. The van der Waals surface area contributed by atoms with Crippen LogP contribution in [0.25, 0.3) is 0 Å². The lowest BCUT2D eigenvalue weighted by atomic mass is 10.0. The number of hydrogen-bond acceptors (Lipinski definition) is 3. The minimum absolute atomic E-state index is 0.0236. The summed E-state index contributed by atoms with van der Waals surface area (Å²) in [4.78, 5) is 28.5. The van der Waals surface area contributed by atoms with E-state index in [0.717, 1.165) is 11.1 Å². The van der Waals surface area contributed by atoms with Crippen LogP contribution in [0.2, 0.25) is 5.02 Å². The van der Waals surface area contributed by atoms with Crippen LogP contribution < -0.4 is 5.73 Å². The molecule has 1 aliphatic rings. The summed E-state index contributed by atoms with van der Waals surface area (Å²) in [6.07, 6.45) is 0. The maximum atomic E-state index is 12.7. The van der Waals surface area contributed by atoms with E-state index in [1.807, 2.05) is 53.1 Å².